The van der Waals surface area contributed by atoms with Crippen molar-refractivity contribution in [1.82, 2.24) is 15.0 Å². The van der Waals surface area contributed by atoms with Crippen LogP contribution in [0.15, 0.2) is 0 Å². The summed E-state index contributed by atoms with van der Waals surface area (Å²) >= 11 is 0. The Labute approximate surface area is 118 Å². The van der Waals surface area contributed by atoms with E-state index < -0.39 is 0 Å². The first kappa shape index (κ1) is 13.4. The van der Waals surface area contributed by atoms with Gasteiger partial charge < -0.3 is 20.7 Å². The summed E-state index contributed by atoms with van der Waals surface area (Å²) in [4.78, 5) is 15.0. The van der Waals surface area contributed by atoms with Crippen molar-refractivity contribution < 1.29 is 4.74 Å². The van der Waals surface area contributed by atoms with Gasteiger partial charge in [-0.2, -0.15) is 15.0 Å². The second kappa shape index (κ2) is 5.78. The largest absolute Gasteiger partial charge is 0.378 e. The van der Waals surface area contributed by atoms with E-state index in [1.807, 2.05) is 6.92 Å². The van der Waals surface area contributed by atoms with Crippen LogP contribution in [-0.2, 0) is 4.74 Å². The summed E-state index contributed by atoms with van der Waals surface area (Å²) in [5.74, 6) is 1.56. The van der Waals surface area contributed by atoms with E-state index in [2.05, 4.69) is 25.2 Å². The third-order valence-corrected chi connectivity index (χ3v) is 3.86. The molecule has 0 radical (unpaired) electrons. The Morgan fingerprint density at radius 3 is 2.70 bits per heavy atom. The second-order valence-electron chi connectivity index (χ2n) is 5.40. The molecular weight excluding hydrogens is 256 g/mol. The molecule has 1 aromatic rings. The van der Waals surface area contributed by atoms with Gasteiger partial charge in [0.25, 0.3) is 0 Å². The van der Waals surface area contributed by atoms with Crippen molar-refractivity contribution in [3.05, 3.63) is 0 Å². The third kappa shape index (κ3) is 2.92. The van der Waals surface area contributed by atoms with Crippen molar-refractivity contribution in [2.45, 2.75) is 44.8 Å². The van der Waals surface area contributed by atoms with Crippen LogP contribution in [0.4, 0.5) is 17.8 Å². The SMILES string of the molecule is CCOC1CC(Nc2nc(N)nc(N3CCCC3)n2)C1. The molecule has 7 heteroatoms. The summed E-state index contributed by atoms with van der Waals surface area (Å²) in [6.07, 6.45) is 4.74. The summed E-state index contributed by atoms with van der Waals surface area (Å²) in [6, 6.07) is 0.375. The molecule has 110 valence electrons. The number of aromatic nitrogens is 3. The summed E-state index contributed by atoms with van der Waals surface area (Å²) < 4.78 is 5.55. The molecule has 1 saturated heterocycles. The van der Waals surface area contributed by atoms with Crippen LogP contribution in [-0.4, -0.2) is 46.8 Å². The van der Waals surface area contributed by atoms with Crippen LogP contribution in [0, 0.1) is 0 Å². The highest BCUT2D eigenvalue weighted by molar-refractivity contribution is 5.43. The summed E-state index contributed by atoms with van der Waals surface area (Å²) in [6.45, 7) is 4.79. The fraction of sp³-hybridized carbons (Fsp3) is 0.769. The number of hydrogen-bond donors (Lipinski definition) is 2. The number of nitrogens with two attached hydrogens (primary N) is 1. The van der Waals surface area contributed by atoms with Crippen LogP contribution in [0.2, 0.25) is 0 Å². The van der Waals surface area contributed by atoms with E-state index in [9.17, 15) is 0 Å². The zero-order chi connectivity index (χ0) is 13.9. The lowest BCUT2D eigenvalue weighted by molar-refractivity contribution is 0.00285. The van der Waals surface area contributed by atoms with Gasteiger partial charge in [-0.25, -0.2) is 0 Å². The van der Waals surface area contributed by atoms with Crippen LogP contribution >= 0.6 is 0 Å². The zero-order valence-corrected chi connectivity index (χ0v) is 11.9. The quantitative estimate of drug-likeness (QED) is 0.831. The molecule has 0 amide bonds. The molecule has 2 heterocycles. The van der Waals surface area contributed by atoms with Gasteiger partial charge in [-0.3, -0.25) is 0 Å². The predicted molar refractivity (Wildman–Crippen MR) is 77.7 cm³/mol. The van der Waals surface area contributed by atoms with Gasteiger partial charge >= 0.3 is 0 Å². The molecule has 0 spiro atoms. The number of anilines is 3. The van der Waals surface area contributed by atoms with Crippen LogP contribution < -0.4 is 16.0 Å². The maximum absolute atomic E-state index is 5.78. The zero-order valence-electron chi connectivity index (χ0n) is 11.9. The first-order valence-electron chi connectivity index (χ1n) is 7.39. The number of nitrogens with one attached hydrogen (secondary N) is 1. The van der Waals surface area contributed by atoms with Crippen LogP contribution in [0.3, 0.4) is 0 Å². The molecule has 1 aromatic heterocycles. The van der Waals surface area contributed by atoms with Crippen molar-refractivity contribution in [3.8, 4) is 0 Å². The van der Waals surface area contributed by atoms with Crippen molar-refractivity contribution in [2.75, 3.05) is 35.6 Å². The maximum Gasteiger partial charge on any atom is 0.231 e. The van der Waals surface area contributed by atoms with Gasteiger partial charge in [0.05, 0.1) is 6.10 Å². The van der Waals surface area contributed by atoms with Gasteiger partial charge in [-0.05, 0) is 32.6 Å². The summed E-state index contributed by atoms with van der Waals surface area (Å²) in [5.41, 5.74) is 5.78. The Hall–Kier alpha value is -1.63. The Morgan fingerprint density at radius 1 is 1.25 bits per heavy atom. The fourth-order valence-electron chi connectivity index (χ4n) is 2.74. The van der Waals surface area contributed by atoms with E-state index in [4.69, 9.17) is 10.5 Å². The number of nitrogen functional groups attached to an aromatic ring is 1. The van der Waals surface area contributed by atoms with Crippen LogP contribution in [0.25, 0.3) is 0 Å². The highest BCUT2D eigenvalue weighted by atomic mass is 16.5. The van der Waals surface area contributed by atoms with Crippen molar-refractivity contribution in [1.29, 1.82) is 0 Å². The normalized spacial score (nSPS) is 25.6. The van der Waals surface area contributed by atoms with Gasteiger partial charge in [-0.15, -0.1) is 0 Å². The van der Waals surface area contributed by atoms with Crippen molar-refractivity contribution in [3.63, 3.8) is 0 Å². The Morgan fingerprint density at radius 2 is 2.00 bits per heavy atom. The lowest BCUT2D eigenvalue weighted by Crippen LogP contribution is -2.41. The molecule has 20 heavy (non-hydrogen) atoms. The monoisotopic (exact) mass is 278 g/mol. The molecular formula is C13H22N6O. The maximum atomic E-state index is 5.78. The number of rotatable bonds is 5. The van der Waals surface area contributed by atoms with Gasteiger partial charge in [0.15, 0.2) is 0 Å². The third-order valence-electron chi connectivity index (χ3n) is 3.86. The Kier molecular flexibility index (Phi) is 3.86. The molecule has 1 aliphatic carbocycles. The highest BCUT2D eigenvalue weighted by Gasteiger charge is 2.30. The minimum Gasteiger partial charge on any atom is -0.378 e. The lowest BCUT2D eigenvalue weighted by Gasteiger charge is -2.35. The second-order valence-corrected chi connectivity index (χ2v) is 5.40. The first-order valence-corrected chi connectivity index (χ1v) is 7.39. The van der Waals surface area contributed by atoms with Crippen LogP contribution in [0.1, 0.15) is 32.6 Å². The molecule has 0 bridgehead atoms. The predicted octanol–water partition coefficient (Wildman–Crippen LogP) is 1.03. The highest BCUT2D eigenvalue weighted by Crippen LogP contribution is 2.26. The molecule has 2 fully saturated rings. The van der Waals surface area contributed by atoms with E-state index in [0.717, 1.165) is 32.5 Å². The van der Waals surface area contributed by atoms with E-state index in [1.54, 1.807) is 0 Å². The van der Waals surface area contributed by atoms with Crippen molar-refractivity contribution >= 4 is 17.8 Å². The molecule has 0 aromatic carbocycles. The number of nitrogens with zero attached hydrogens (tertiary/aromatic N) is 4. The van der Waals surface area contributed by atoms with E-state index in [0.29, 0.717) is 24.0 Å². The minimum atomic E-state index is 0.282. The Bertz CT molecular complexity index is 456. The molecule has 0 atom stereocenters. The molecule has 1 saturated carbocycles. The smallest absolute Gasteiger partial charge is 0.231 e. The van der Waals surface area contributed by atoms with E-state index in [1.165, 1.54) is 12.8 Å². The molecule has 3 N–H and O–H groups in total. The molecule has 3 rings (SSSR count). The average Bonchev–Trinajstić information content (AvgIpc) is 2.89. The number of hydrogen-bond acceptors (Lipinski definition) is 7. The average molecular weight is 278 g/mol. The van der Waals surface area contributed by atoms with Gasteiger partial charge in [0.2, 0.25) is 17.8 Å². The standard InChI is InChI=1S/C13H22N6O/c1-2-20-10-7-9(8-10)15-12-16-11(14)17-13(18-12)19-5-3-4-6-19/h9-10H,2-8H2,1H3,(H3,14,15,16,17,18). The lowest BCUT2D eigenvalue weighted by atomic mass is 9.89. The molecule has 2 aliphatic rings. The van der Waals surface area contributed by atoms with Gasteiger partial charge in [0.1, 0.15) is 0 Å². The molecule has 1 aliphatic heterocycles. The van der Waals surface area contributed by atoms with Gasteiger partial charge in [0, 0.05) is 25.7 Å². The topological polar surface area (TPSA) is 89.2 Å². The fourth-order valence-corrected chi connectivity index (χ4v) is 2.74. The van der Waals surface area contributed by atoms with Crippen LogP contribution in [0.5, 0.6) is 0 Å². The first-order chi connectivity index (χ1) is 9.74. The minimum absolute atomic E-state index is 0.282. The Balaban J connectivity index is 1.62. The molecule has 7 nitrogen and oxygen atoms in total. The van der Waals surface area contributed by atoms with E-state index in [-0.39, 0.29) is 5.95 Å². The number of ether oxygens (including phenoxy) is 1. The van der Waals surface area contributed by atoms with E-state index >= 15 is 0 Å². The molecule has 0 unspecified atom stereocenters. The summed E-state index contributed by atoms with van der Waals surface area (Å²) in [5, 5.41) is 3.32. The van der Waals surface area contributed by atoms with Gasteiger partial charge in [-0.1, -0.05) is 0 Å². The van der Waals surface area contributed by atoms with Crippen molar-refractivity contribution in [2.24, 2.45) is 0 Å². The summed E-state index contributed by atoms with van der Waals surface area (Å²) in [7, 11) is 0.